The summed E-state index contributed by atoms with van der Waals surface area (Å²) in [6, 6.07) is 25.7. The highest BCUT2D eigenvalue weighted by atomic mass is 32.2. The number of allylic oxidation sites excluding steroid dienone is 3. The maximum Gasteiger partial charge on any atom is 0.234 e. The summed E-state index contributed by atoms with van der Waals surface area (Å²) in [5.74, 6) is 0.271. The van der Waals surface area contributed by atoms with Gasteiger partial charge in [-0.1, -0.05) is 60.3 Å². The van der Waals surface area contributed by atoms with Gasteiger partial charge in [0.1, 0.15) is 12.4 Å². The molecule has 0 saturated carbocycles. The topological polar surface area (TPSA) is 91.2 Å². The van der Waals surface area contributed by atoms with Gasteiger partial charge in [-0.05, 0) is 73.2 Å². The number of carbonyl (C=O) groups excluding carboxylic acids is 2. The third-order valence-corrected chi connectivity index (χ3v) is 8.28. The van der Waals surface area contributed by atoms with Crippen LogP contribution < -0.4 is 15.4 Å². The molecule has 6 nitrogen and oxygen atoms in total. The van der Waals surface area contributed by atoms with Crippen LogP contribution in [-0.2, 0) is 16.2 Å². The van der Waals surface area contributed by atoms with Crippen molar-refractivity contribution in [1.29, 1.82) is 5.26 Å². The van der Waals surface area contributed by atoms with E-state index in [1.807, 2.05) is 86.6 Å². The summed E-state index contributed by atoms with van der Waals surface area (Å²) in [5, 5.41) is 17.2. The molecule has 202 valence electrons. The SMILES string of the molecule is Cc1ccc(NC(=O)CSC2=C(C#N)C(c3ccc(OCc4ccccc4)cc3)C3=C(CCCC3=O)N2)cc1C. The highest BCUT2D eigenvalue weighted by Gasteiger charge is 2.37. The summed E-state index contributed by atoms with van der Waals surface area (Å²) in [5.41, 5.74) is 6.90. The Morgan fingerprint density at radius 3 is 2.55 bits per heavy atom. The summed E-state index contributed by atoms with van der Waals surface area (Å²) in [4.78, 5) is 25.9. The number of hydrogen-bond acceptors (Lipinski definition) is 6. The highest BCUT2D eigenvalue weighted by Crippen LogP contribution is 2.44. The van der Waals surface area contributed by atoms with Gasteiger partial charge in [0.2, 0.25) is 5.91 Å². The van der Waals surface area contributed by atoms with Crippen LogP contribution in [0.1, 0.15) is 47.4 Å². The maximum absolute atomic E-state index is 13.1. The molecule has 0 radical (unpaired) electrons. The van der Waals surface area contributed by atoms with Crippen molar-refractivity contribution in [2.24, 2.45) is 0 Å². The Balaban J connectivity index is 1.36. The van der Waals surface area contributed by atoms with Crippen molar-refractivity contribution in [3.63, 3.8) is 0 Å². The number of nitrogens with one attached hydrogen (secondary N) is 2. The summed E-state index contributed by atoms with van der Waals surface area (Å²) in [6.07, 6.45) is 1.96. The van der Waals surface area contributed by atoms with Gasteiger partial charge in [-0.25, -0.2) is 0 Å². The van der Waals surface area contributed by atoms with Gasteiger partial charge in [0, 0.05) is 23.4 Å². The molecule has 1 heterocycles. The largest absolute Gasteiger partial charge is 0.489 e. The Hall–Kier alpha value is -4.28. The van der Waals surface area contributed by atoms with Gasteiger partial charge in [-0.3, -0.25) is 9.59 Å². The van der Waals surface area contributed by atoms with E-state index in [-0.39, 0.29) is 17.4 Å². The lowest BCUT2D eigenvalue weighted by atomic mass is 9.77. The summed E-state index contributed by atoms with van der Waals surface area (Å²) >= 11 is 1.29. The van der Waals surface area contributed by atoms with Crippen LogP contribution in [0.15, 0.2) is 94.7 Å². The minimum Gasteiger partial charge on any atom is -0.489 e. The van der Waals surface area contributed by atoms with Crippen molar-refractivity contribution in [2.75, 3.05) is 11.1 Å². The molecular weight excluding hydrogens is 518 g/mol. The van der Waals surface area contributed by atoms with Gasteiger partial charge < -0.3 is 15.4 Å². The molecule has 3 aromatic rings. The maximum atomic E-state index is 13.1. The second kappa shape index (κ2) is 12.3. The molecule has 1 amide bonds. The van der Waals surface area contributed by atoms with E-state index in [1.54, 1.807) is 0 Å². The molecule has 3 aromatic carbocycles. The third-order valence-electron chi connectivity index (χ3n) is 7.26. The van der Waals surface area contributed by atoms with Crippen LogP contribution in [0, 0.1) is 25.2 Å². The lowest BCUT2D eigenvalue weighted by molar-refractivity contribution is -0.116. The van der Waals surface area contributed by atoms with Crippen molar-refractivity contribution >= 4 is 29.1 Å². The number of amides is 1. The lowest BCUT2D eigenvalue weighted by Gasteiger charge is -2.33. The zero-order valence-electron chi connectivity index (χ0n) is 22.6. The molecule has 0 saturated heterocycles. The average molecular weight is 550 g/mol. The third kappa shape index (κ3) is 6.13. The fourth-order valence-electron chi connectivity index (χ4n) is 5.02. The Labute approximate surface area is 239 Å². The van der Waals surface area contributed by atoms with E-state index in [2.05, 4.69) is 16.7 Å². The van der Waals surface area contributed by atoms with Crippen LogP contribution >= 0.6 is 11.8 Å². The van der Waals surface area contributed by atoms with Crippen LogP contribution in [0.25, 0.3) is 0 Å². The standard InChI is InChI=1S/C33H31N3O3S/c1-21-11-14-25(17-22(21)2)35-30(38)20-40-33-27(18-34)31(32-28(36-33)9-6-10-29(32)37)24-12-15-26(16-13-24)39-19-23-7-4-3-5-8-23/h3-5,7-8,11-17,31,36H,6,9-10,19-20H2,1-2H3,(H,35,38). The Bertz CT molecular complexity index is 1540. The number of aryl methyl sites for hydroxylation is 2. The van der Waals surface area contributed by atoms with Crippen molar-refractivity contribution in [3.8, 4) is 11.8 Å². The van der Waals surface area contributed by atoms with Crippen molar-refractivity contribution in [1.82, 2.24) is 5.32 Å². The second-order valence-electron chi connectivity index (χ2n) is 10.1. The molecule has 0 fully saturated rings. The fraction of sp³-hybridized carbons (Fsp3) is 0.242. The number of rotatable bonds is 8. The number of dihydropyridines is 1. The van der Waals surface area contributed by atoms with Crippen LogP contribution in [0.2, 0.25) is 0 Å². The predicted octanol–water partition coefficient (Wildman–Crippen LogP) is 6.68. The van der Waals surface area contributed by atoms with Crippen molar-refractivity contribution in [2.45, 2.75) is 45.6 Å². The normalized spacial score (nSPS) is 16.6. The van der Waals surface area contributed by atoms with Gasteiger partial charge in [-0.2, -0.15) is 5.26 Å². The van der Waals surface area contributed by atoms with Crippen LogP contribution in [-0.4, -0.2) is 17.4 Å². The molecule has 1 unspecified atom stereocenters. The lowest BCUT2D eigenvalue weighted by Crippen LogP contribution is -2.31. The number of ketones is 1. The average Bonchev–Trinajstić information content (AvgIpc) is 2.97. The molecular formula is C33H31N3O3S. The van der Waals surface area contributed by atoms with Crippen LogP contribution in [0.5, 0.6) is 5.75 Å². The molecule has 0 aromatic heterocycles. The number of carbonyl (C=O) groups is 2. The Kier molecular flexibility index (Phi) is 8.37. The van der Waals surface area contributed by atoms with Crippen molar-refractivity contribution < 1.29 is 14.3 Å². The number of Topliss-reactive ketones (excluding diaryl/α,β-unsaturated/α-hetero) is 1. The number of ether oxygens (including phenoxy) is 1. The summed E-state index contributed by atoms with van der Waals surface area (Å²) in [6.45, 7) is 4.49. The minimum atomic E-state index is -0.484. The number of anilines is 1. The molecule has 0 spiro atoms. The number of benzene rings is 3. The highest BCUT2D eigenvalue weighted by molar-refractivity contribution is 8.03. The van der Waals surface area contributed by atoms with E-state index in [4.69, 9.17) is 4.74 Å². The van der Waals surface area contributed by atoms with E-state index in [1.165, 1.54) is 11.8 Å². The predicted molar refractivity (Wildman–Crippen MR) is 159 cm³/mol. The fourth-order valence-corrected chi connectivity index (χ4v) is 5.88. The summed E-state index contributed by atoms with van der Waals surface area (Å²) in [7, 11) is 0. The van der Waals surface area contributed by atoms with Gasteiger partial charge in [0.15, 0.2) is 5.78 Å². The number of thioether (sulfide) groups is 1. The molecule has 40 heavy (non-hydrogen) atoms. The molecule has 1 aliphatic carbocycles. The van der Waals surface area contributed by atoms with E-state index in [9.17, 15) is 14.9 Å². The monoisotopic (exact) mass is 549 g/mol. The van der Waals surface area contributed by atoms with Gasteiger partial charge in [-0.15, -0.1) is 0 Å². The van der Waals surface area contributed by atoms with Gasteiger partial charge >= 0.3 is 0 Å². The minimum absolute atomic E-state index is 0.0624. The van der Waals surface area contributed by atoms with Gasteiger partial charge in [0.05, 0.1) is 28.3 Å². The van der Waals surface area contributed by atoms with Crippen molar-refractivity contribution in [3.05, 3.63) is 117 Å². The van der Waals surface area contributed by atoms with E-state index >= 15 is 0 Å². The second-order valence-corrected chi connectivity index (χ2v) is 11.0. The van der Waals surface area contributed by atoms with E-state index < -0.39 is 5.92 Å². The van der Waals surface area contributed by atoms with Gasteiger partial charge in [0.25, 0.3) is 0 Å². The molecule has 2 aliphatic rings. The van der Waals surface area contributed by atoms with Crippen LogP contribution in [0.3, 0.4) is 0 Å². The molecule has 0 bridgehead atoms. The van der Waals surface area contributed by atoms with E-state index in [0.29, 0.717) is 35.0 Å². The number of nitriles is 1. The zero-order chi connectivity index (χ0) is 28.1. The summed E-state index contributed by atoms with van der Waals surface area (Å²) < 4.78 is 5.95. The quantitative estimate of drug-likeness (QED) is 0.326. The molecule has 7 heteroatoms. The first-order chi connectivity index (χ1) is 19.4. The van der Waals surface area contributed by atoms with E-state index in [0.717, 1.165) is 46.5 Å². The first-order valence-electron chi connectivity index (χ1n) is 13.4. The molecule has 2 N–H and O–H groups in total. The molecule has 1 atom stereocenters. The van der Waals surface area contributed by atoms with Crippen LogP contribution in [0.4, 0.5) is 5.69 Å². The number of hydrogen-bond donors (Lipinski definition) is 2. The molecule has 1 aliphatic heterocycles. The first-order valence-corrected chi connectivity index (χ1v) is 14.4. The smallest absolute Gasteiger partial charge is 0.234 e. The first kappa shape index (κ1) is 27.3. The number of nitrogens with zero attached hydrogens (tertiary/aromatic N) is 1. The Morgan fingerprint density at radius 1 is 1.05 bits per heavy atom. The zero-order valence-corrected chi connectivity index (χ0v) is 23.4. The Morgan fingerprint density at radius 2 is 1.82 bits per heavy atom. The molecule has 5 rings (SSSR count).